The predicted molar refractivity (Wildman–Crippen MR) is 87.9 cm³/mol. The molecule has 0 aliphatic heterocycles. The van der Waals surface area contributed by atoms with E-state index in [1.165, 1.54) is 0 Å². The van der Waals surface area contributed by atoms with Gasteiger partial charge in [-0.1, -0.05) is 31.4 Å². The second kappa shape index (κ2) is 7.97. The van der Waals surface area contributed by atoms with E-state index < -0.39 is 5.54 Å². The predicted octanol–water partition coefficient (Wildman–Crippen LogP) is 1.09. The summed E-state index contributed by atoms with van der Waals surface area (Å²) in [5.74, 6) is 0.318. The molecule has 4 N–H and O–H groups in total. The maximum atomic E-state index is 12.1. The van der Waals surface area contributed by atoms with Crippen molar-refractivity contribution in [1.82, 2.24) is 10.6 Å². The van der Waals surface area contributed by atoms with Crippen molar-refractivity contribution >= 4 is 11.8 Å². The Morgan fingerprint density at radius 1 is 1.13 bits per heavy atom. The highest BCUT2D eigenvalue weighted by atomic mass is 16.5. The number of carbonyl (C=O) groups is 2. The van der Waals surface area contributed by atoms with Crippen molar-refractivity contribution in [1.29, 1.82) is 0 Å². The molecule has 1 aromatic rings. The van der Waals surface area contributed by atoms with Crippen molar-refractivity contribution in [3.63, 3.8) is 0 Å². The van der Waals surface area contributed by atoms with Crippen molar-refractivity contribution < 1.29 is 14.3 Å². The van der Waals surface area contributed by atoms with Crippen molar-refractivity contribution in [3.05, 3.63) is 29.8 Å². The van der Waals surface area contributed by atoms with Gasteiger partial charge in [-0.3, -0.25) is 9.59 Å². The third-order valence-electron chi connectivity index (χ3n) is 4.26. The van der Waals surface area contributed by atoms with Gasteiger partial charge < -0.3 is 21.1 Å². The van der Waals surface area contributed by atoms with E-state index in [1.807, 2.05) is 24.3 Å². The quantitative estimate of drug-likeness (QED) is 0.731. The van der Waals surface area contributed by atoms with E-state index in [4.69, 9.17) is 10.5 Å². The molecule has 1 fully saturated rings. The Morgan fingerprint density at radius 3 is 2.39 bits per heavy atom. The van der Waals surface area contributed by atoms with Crippen molar-refractivity contribution in [2.45, 2.75) is 44.2 Å². The molecule has 0 saturated heterocycles. The number of methoxy groups -OCH3 is 1. The molecule has 0 unspecified atom stereocenters. The highest BCUT2D eigenvalue weighted by molar-refractivity contribution is 5.90. The molecule has 0 radical (unpaired) electrons. The molecule has 126 valence electrons. The molecule has 2 rings (SSSR count). The molecule has 0 spiro atoms. The van der Waals surface area contributed by atoms with Gasteiger partial charge >= 0.3 is 0 Å². The number of hydrogen-bond donors (Lipinski definition) is 3. The number of benzene rings is 1. The van der Waals surface area contributed by atoms with Gasteiger partial charge in [-0.05, 0) is 30.5 Å². The van der Waals surface area contributed by atoms with Crippen LogP contribution in [0.3, 0.4) is 0 Å². The Bertz CT molecular complexity index is 537. The van der Waals surface area contributed by atoms with E-state index in [-0.39, 0.29) is 18.4 Å². The van der Waals surface area contributed by atoms with Crippen LogP contribution in [0, 0.1) is 0 Å². The summed E-state index contributed by atoms with van der Waals surface area (Å²) in [5.41, 5.74) is 6.28. The van der Waals surface area contributed by atoms with Crippen molar-refractivity contribution in [2.24, 2.45) is 5.73 Å². The van der Waals surface area contributed by atoms with Gasteiger partial charge in [-0.2, -0.15) is 0 Å². The van der Waals surface area contributed by atoms with Crippen LogP contribution in [0.25, 0.3) is 0 Å². The molecule has 0 atom stereocenters. The molecule has 1 aliphatic rings. The Morgan fingerprint density at radius 2 is 1.78 bits per heavy atom. The van der Waals surface area contributed by atoms with Gasteiger partial charge in [-0.25, -0.2) is 0 Å². The van der Waals surface area contributed by atoms with Crippen molar-refractivity contribution in [3.8, 4) is 5.75 Å². The summed E-state index contributed by atoms with van der Waals surface area (Å²) in [4.78, 5) is 24.0. The molecule has 2 amide bonds. The highest BCUT2D eigenvalue weighted by Crippen LogP contribution is 2.25. The van der Waals surface area contributed by atoms with Gasteiger partial charge in [0.15, 0.2) is 0 Å². The molecule has 6 heteroatoms. The molecule has 1 aromatic carbocycles. The van der Waals surface area contributed by atoms with Crippen LogP contribution in [-0.4, -0.2) is 31.0 Å². The summed E-state index contributed by atoms with van der Waals surface area (Å²) < 4.78 is 5.08. The first-order chi connectivity index (χ1) is 11.0. The van der Waals surface area contributed by atoms with E-state index in [9.17, 15) is 9.59 Å². The standard InChI is InChI=1S/C17H25N3O3/c1-23-14-7-5-13(6-8-14)11-19-15(21)12-20-16(22)17(18)9-3-2-4-10-17/h5-8H,2-4,9-12,18H2,1H3,(H,19,21)(H,20,22). The first kappa shape index (κ1) is 17.3. The van der Waals surface area contributed by atoms with Crippen LogP contribution in [0.4, 0.5) is 0 Å². The summed E-state index contributed by atoms with van der Waals surface area (Å²) in [6.07, 6.45) is 4.42. The fourth-order valence-electron chi connectivity index (χ4n) is 2.75. The fourth-order valence-corrected chi connectivity index (χ4v) is 2.75. The van der Waals surface area contributed by atoms with Crippen LogP contribution < -0.4 is 21.1 Å². The van der Waals surface area contributed by atoms with E-state index in [0.717, 1.165) is 30.6 Å². The molecular weight excluding hydrogens is 294 g/mol. The average molecular weight is 319 g/mol. The molecule has 1 aliphatic carbocycles. The zero-order valence-corrected chi connectivity index (χ0v) is 13.6. The Hall–Kier alpha value is -2.08. The lowest BCUT2D eigenvalue weighted by Crippen LogP contribution is -2.56. The number of amides is 2. The molecule has 6 nitrogen and oxygen atoms in total. The average Bonchev–Trinajstić information content (AvgIpc) is 2.58. The van der Waals surface area contributed by atoms with Crippen LogP contribution in [0.2, 0.25) is 0 Å². The Balaban J connectivity index is 1.73. The Kier molecular flexibility index (Phi) is 5.98. The van der Waals surface area contributed by atoms with Crippen molar-refractivity contribution in [2.75, 3.05) is 13.7 Å². The second-order valence-corrected chi connectivity index (χ2v) is 6.02. The summed E-state index contributed by atoms with van der Waals surface area (Å²) in [7, 11) is 1.61. The summed E-state index contributed by atoms with van der Waals surface area (Å²) in [6.45, 7) is 0.362. The Labute approximate surface area is 136 Å². The van der Waals surface area contributed by atoms with Crippen LogP contribution in [0.5, 0.6) is 5.75 Å². The molecule has 0 bridgehead atoms. The zero-order valence-electron chi connectivity index (χ0n) is 13.6. The normalized spacial score (nSPS) is 16.4. The number of nitrogens with one attached hydrogen (secondary N) is 2. The third-order valence-corrected chi connectivity index (χ3v) is 4.26. The third kappa shape index (κ3) is 4.96. The molecular formula is C17H25N3O3. The van der Waals surface area contributed by atoms with Gasteiger partial charge in [0.1, 0.15) is 5.75 Å². The van der Waals surface area contributed by atoms with E-state index >= 15 is 0 Å². The van der Waals surface area contributed by atoms with Gasteiger partial charge in [-0.15, -0.1) is 0 Å². The first-order valence-corrected chi connectivity index (χ1v) is 8.00. The molecule has 1 saturated carbocycles. The topological polar surface area (TPSA) is 93.5 Å². The molecule has 0 heterocycles. The van der Waals surface area contributed by atoms with Crippen LogP contribution in [-0.2, 0) is 16.1 Å². The maximum absolute atomic E-state index is 12.1. The van der Waals surface area contributed by atoms with Crippen LogP contribution >= 0.6 is 0 Å². The fraction of sp³-hybridized carbons (Fsp3) is 0.529. The van der Waals surface area contributed by atoms with Gasteiger partial charge in [0, 0.05) is 6.54 Å². The minimum absolute atomic E-state index is 0.0477. The minimum atomic E-state index is -0.811. The monoisotopic (exact) mass is 319 g/mol. The summed E-state index contributed by atoms with van der Waals surface area (Å²) >= 11 is 0. The second-order valence-electron chi connectivity index (χ2n) is 6.02. The maximum Gasteiger partial charge on any atom is 0.240 e. The summed E-state index contributed by atoms with van der Waals surface area (Å²) in [5, 5.41) is 5.42. The summed E-state index contributed by atoms with van der Waals surface area (Å²) in [6, 6.07) is 7.44. The number of ether oxygens (including phenoxy) is 1. The smallest absolute Gasteiger partial charge is 0.240 e. The van der Waals surface area contributed by atoms with Crippen LogP contribution in [0.15, 0.2) is 24.3 Å². The number of nitrogens with two attached hydrogens (primary N) is 1. The first-order valence-electron chi connectivity index (χ1n) is 8.00. The highest BCUT2D eigenvalue weighted by Gasteiger charge is 2.35. The SMILES string of the molecule is COc1ccc(CNC(=O)CNC(=O)C2(N)CCCCC2)cc1. The van der Waals surface area contributed by atoms with Gasteiger partial charge in [0.25, 0.3) is 0 Å². The zero-order chi connectivity index (χ0) is 16.7. The number of carbonyl (C=O) groups excluding carboxylic acids is 2. The van der Waals surface area contributed by atoms with Gasteiger partial charge in [0.05, 0.1) is 19.2 Å². The molecule has 0 aromatic heterocycles. The minimum Gasteiger partial charge on any atom is -0.497 e. The van der Waals surface area contributed by atoms with E-state index in [2.05, 4.69) is 10.6 Å². The van der Waals surface area contributed by atoms with E-state index in [1.54, 1.807) is 7.11 Å². The van der Waals surface area contributed by atoms with Crippen LogP contribution in [0.1, 0.15) is 37.7 Å². The van der Waals surface area contributed by atoms with E-state index in [0.29, 0.717) is 19.4 Å². The number of rotatable bonds is 6. The lowest BCUT2D eigenvalue weighted by molar-refractivity contribution is -0.130. The van der Waals surface area contributed by atoms with Gasteiger partial charge in [0.2, 0.25) is 11.8 Å². The lowest BCUT2D eigenvalue weighted by Gasteiger charge is -2.31. The lowest BCUT2D eigenvalue weighted by atomic mass is 9.82. The molecule has 23 heavy (non-hydrogen) atoms. The largest absolute Gasteiger partial charge is 0.497 e. The number of hydrogen-bond acceptors (Lipinski definition) is 4.